The zero-order valence-corrected chi connectivity index (χ0v) is 10.8. The molecule has 0 bridgehead atoms. The first-order valence-corrected chi connectivity index (χ1v) is 6.52. The van der Waals surface area contributed by atoms with Gasteiger partial charge in [-0.25, -0.2) is 4.39 Å². The number of nitrogens with zero attached hydrogens (tertiary/aromatic N) is 1. The Kier molecular flexibility index (Phi) is 4.19. The predicted octanol–water partition coefficient (Wildman–Crippen LogP) is 2.05. The average molecular weight is 252 g/mol. The molecule has 3 nitrogen and oxygen atoms in total. The SMILES string of the molecule is C[C@@H](N)c1cc(F)ccc1N1CCC(CCO)C1. The number of nitrogens with two attached hydrogens (primary N) is 1. The maximum absolute atomic E-state index is 13.3. The van der Waals surface area contributed by atoms with Gasteiger partial charge in [-0.2, -0.15) is 0 Å². The van der Waals surface area contributed by atoms with E-state index in [0.29, 0.717) is 5.92 Å². The van der Waals surface area contributed by atoms with E-state index in [9.17, 15) is 4.39 Å². The minimum Gasteiger partial charge on any atom is -0.396 e. The highest BCUT2D eigenvalue weighted by molar-refractivity contribution is 5.55. The first-order valence-electron chi connectivity index (χ1n) is 6.52. The molecule has 1 fully saturated rings. The molecule has 0 aromatic heterocycles. The molecular weight excluding hydrogens is 231 g/mol. The van der Waals surface area contributed by atoms with Crippen molar-refractivity contribution >= 4 is 5.69 Å². The third-order valence-electron chi connectivity index (χ3n) is 3.64. The number of benzene rings is 1. The molecule has 0 amide bonds. The van der Waals surface area contributed by atoms with Gasteiger partial charge in [0.2, 0.25) is 0 Å². The van der Waals surface area contributed by atoms with E-state index in [2.05, 4.69) is 4.90 Å². The standard InChI is InChI=1S/C14H21FN2O/c1-10(16)13-8-12(15)2-3-14(13)17-6-4-11(9-17)5-7-18/h2-3,8,10-11,18H,4-7,9,16H2,1H3/t10-,11?/m1/s1. The Labute approximate surface area is 107 Å². The fourth-order valence-corrected chi connectivity index (χ4v) is 2.65. The number of anilines is 1. The Bertz CT molecular complexity index is 409. The van der Waals surface area contributed by atoms with Crippen LogP contribution in [0.1, 0.15) is 31.4 Å². The summed E-state index contributed by atoms with van der Waals surface area (Å²) in [5, 5.41) is 8.97. The van der Waals surface area contributed by atoms with Crippen molar-refractivity contribution in [1.29, 1.82) is 0 Å². The third-order valence-corrected chi connectivity index (χ3v) is 3.64. The molecule has 18 heavy (non-hydrogen) atoms. The van der Waals surface area contributed by atoms with Gasteiger partial charge in [-0.3, -0.25) is 0 Å². The van der Waals surface area contributed by atoms with Gasteiger partial charge in [-0.05, 0) is 49.4 Å². The molecule has 1 aliphatic rings. The zero-order valence-electron chi connectivity index (χ0n) is 10.8. The van der Waals surface area contributed by atoms with Gasteiger partial charge in [0.25, 0.3) is 0 Å². The van der Waals surface area contributed by atoms with E-state index in [0.717, 1.165) is 37.2 Å². The second kappa shape index (κ2) is 5.67. The lowest BCUT2D eigenvalue weighted by atomic mass is 10.0. The fourth-order valence-electron chi connectivity index (χ4n) is 2.65. The van der Waals surface area contributed by atoms with Crippen LogP contribution in [0.3, 0.4) is 0 Å². The molecule has 1 aliphatic heterocycles. The molecule has 0 saturated carbocycles. The summed E-state index contributed by atoms with van der Waals surface area (Å²) in [6.07, 6.45) is 1.92. The van der Waals surface area contributed by atoms with Crippen LogP contribution in [0.4, 0.5) is 10.1 Å². The molecule has 0 radical (unpaired) electrons. The van der Waals surface area contributed by atoms with Crippen LogP contribution < -0.4 is 10.6 Å². The summed E-state index contributed by atoms with van der Waals surface area (Å²) >= 11 is 0. The number of hydrogen-bond acceptors (Lipinski definition) is 3. The van der Waals surface area contributed by atoms with Gasteiger partial charge in [-0.15, -0.1) is 0 Å². The van der Waals surface area contributed by atoms with Gasteiger partial charge in [0, 0.05) is 31.4 Å². The maximum Gasteiger partial charge on any atom is 0.123 e. The van der Waals surface area contributed by atoms with Crippen LogP contribution in [0, 0.1) is 11.7 Å². The Morgan fingerprint density at radius 3 is 3.00 bits per heavy atom. The van der Waals surface area contributed by atoms with E-state index < -0.39 is 0 Å². The molecular formula is C14H21FN2O. The lowest BCUT2D eigenvalue weighted by Gasteiger charge is -2.23. The quantitative estimate of drug-likeness (QED) is 0.862. The smallest absolute Gasteiger partial charge is 0.123 e. The van der Waals surface area contributed by atoms with Gasteiger partial charge < -0.3 is 15.7 Å². The summed E-state index contributed by atoms with van der Waals surface area (Å²) in [5.74, 6) is 0.290. The Morgan fingerprint density at radius 1 is 1.56 bits per heavy atom. The highest BCUT2D eigenvalue weighted by atomic mass is 19.1. The van der Waals surface area contributed by atoms with E-state index in [1.165, 1.54) is 12.1 Å². The number of halogens is 1. The van der Waals surface area contributed by atoms with E-state index in [1.54, 1.807) is 0 Å². The van der Waals surface area contributed by atoms with Crippen molar-refractivity contribution in [2.45, 2.75) is 25.8 Å². The summed E-state index contributed by atoms with van der Waals surface area (Å²) in [6.45, 7) is 3.99. The van der Waals surface area contributed by atoms with E-state index in [4.69, 9.17) is 10.8 Å². The molecule has 4 heteroatoms. The second-order valence-corrected chi connectivity index (χ2v) is 5.10. The van der Waals surface area contributed by atoms with Crippen LogP contribution in [-0.2, 0) is 0 Å². The van der Waals surface area contributed by atoms with Crippen molar-refractivity contribution < 1.29 is 9.50 Å². The molecule has 1 unspecified atom stereocenters. The summed E-state index contributed by atoms with van der Waals surface area (Å²) in [7, 11) is 0. The van der Waals surface area contributed by atoms with Gasteiger partial charge >= 0.3 is 0 Å². The maximum atomic E-state index is 13.3. The van der Waals surface area contributed by atoms with Gasteiger partial charge in [-0.1, -0.05) is 0 Å². The molecule has 0 aliphatic carbocycles. The van der Waals surface area contributed by atoms with E-state index in [1.807, 2.05) is 13.0 Å². The van der Waals surface area contributed by atoms with Gasteiger partial charge in [0.1, 0.15) is 5.82 Å². The summed E-state index contributed by atoms with van der Waals surface area (Å²) in [5.41, 5.74) is 7.81. The normalized spacial score (nSPS) is 21.3. The molecule has 1 aromatic rings. The third kappa shape index (κ3) is 2.82. The first-order chi connectivity index (χ1) is 8.61. The second-order valence-electron chi connectivity index (χ2n) is 5.10. The van der Waals surface area contributed by atoms with Crippen molar-refractivity contribution in [3.63, 3.8) is 0 Å². The Balaban J connectivity index is 2.18. The van der Waals surface area contributed by atoms with Crippen LogP contribution in [0.5, 0.6) is 0 Å². The van der Waals surface area contributed by atoms with Crippen molar-refractivity contribution in [2.75, 3.05) is 24.6 Å². The highest BCUT2D eigenvalue weighted by Gasteiger charge is 2.24. The molecule has 0 spiro atoms. The molecule has 100 valence electrons. The summed E-state index contributed by atoms with van der Waals surface area (Å²) in [6, 6.07) is 4.66. The molecule has 2 rings (SSSR count). The van der Waals surface area contributed by atoms with Crippen LogP contribution in [-0.4, -0.2) is 24.8 Å². The largest absolute Gasteiger partial charge is 0.396 e. The molecule has 3 N–H and O–H groups in total. The van der Waals surface area contributed by atoms with Crippen molar-refractivity contribution in [1.82, 2.24) is 0 Å². The van der Waals surface area contributed by atoms with Gasteiger partial charge in [0.15, 0.2) is 0 Å². The molecule has 1 aromatic carbocycles. The highest BCUT2D eigenvalue weighted by Crippen LogP contribution is 2.31. The monoisotopic (exact) mass is 252 g/mol. The van der Waals surface area contributed by atoms with E-state index >= 15 is 0 Å². The van der Waals surface area contributed by atoms with Crippen molar-refractivity contribution in [3.05, 3.63) is 29.6 Å². The average Bonchev–Trinajstić information content (AvgIpc) is 2.78. The minimum atomic E-state index is -0.239. The fraction of sp³-hybridized carbons (Fsp3) is 0.571. The predicted molar refractivity (Wildman–Crippen MR) is 71.0 cm³/mol. The number of hydrogen-bond donors (Lipinski definition) is 2. The Hall–Kier alpha value is -1.13. The zero-order chi connectivity index (χ0) is 13.1. The topological polar surface area (TPSA) is 49.5 Å². The van der Waals surface area contributed by atoms with Crippen LogP contribution >= 0.6 is 0 Å². The Morgan fingerprint density at radius 2 is 2.33 bits per heavy atom. The molecule has 1 saturated heterocycles. The van der Waals surface area contributed by atoms with Crippen molar-refractivity contribution in [3.8, 4) is 0 Å². The lowest BCUT2D eigenvalue weighted by molar-refractivity contribution is 0.263. The van der Waals surface area contributed by atoms with Crippen LogP contribution in [0.25, 0.3) is 0 Å². The summed E-state index contributed by atoms with van der Waals surface area (Å²) in [4.78, 5) is 2.25. The van der Waals surface area contributed by atoms with Crippen LogP contribution in [0.15, 0.2) is 18.2 Å². The molecule has 2 atom stereocenters. The van der Waals surface area contributed by atoms with Crippen LogP contribution in [0.2, 0.25) is 0 Å². The summed E-state index contributed by atoms with van der Waals surface area (Å²) < 4.78 is 13.3. The van der Waals surface area contributed by atoms with Gasteiger partial charge in [0.05, 0.1) is 0 Å². The lowest BCUT2D eigenvalue weighted by Crippen LogP contribution is -2.23. The van der Waals surface area contributed by atoms with E-state index in [-0.39, 0.29) is 18.5 Å². The number of aliphatic hydroxyl groups is 1. The molecule has 1 heterocycles. The first kappa shape index (κ1) is 13.3. The number of aliphatic hydroxyl groups excluding tert-OH is 1. The van der Waals surface area contributed by atoms with Crippen molar-refractivity contribution in [2.24, 2.45) is 11.7 Å². The minimum absolute atomic E-state index is 0.174. The number of rotatable bonds is 4.